The molecule has 0 aliphatic carbocycles. The van der Waals surface area contributed by atoms with Crippen LogP contribution in [0.5, 0.6) is 5.75 Å². The maximum atomic E-state index is 9.70. The zero-order chi connectivity index (χ0) is 25.2. The van der Waals surface area contributed by atoms with E-state index < -0.39 is 5.41 Å². The lowest BCUT2D eigenvalue weighted by Gasteiger charge is -2.16. The lowest BCUT2D eigenvalue weighted by Crippen LogP contribution is -2.21. The fraction of sp³-hybridized carbons (Fsp3) is 0.143. The van der Waals surface area contributed by atoms with Gasteiger partial charge >= 0.3 is 0 Å². The van der Waals surface area contributed by atoms with Crippen LogP contribution in [0, 0.1) is 34.0 Å². The molecular weight excluding hydrogens is 450 g/mol. The molecule has 0 radical (unpaired) electrons. The van der Waals surface area contributed by atoms with Gasteiger partial charge in [0.2, 0.25) is 0 Å². The molecule has 1 aliphatic rings. The van der Waals surface area contributed by atoms with Crippen LogP contribution in [0.2, 0.25) is 0 Å². The van der Waals surface area contributed by atoms with Crippen molar-refractivity contribution in [3.05, 3.63) is 89.0 Å². The molecule has 0 saturated carbocycles. The van der Waals surface area contributed by atoms with Crippen molar-refractivity contribution in [1.29, 1.82) is 15.8 Å². The number of aromatic amines is 1. The van der Waals surface area contributed by atoms with E-state index in [1.165, 1.54) is 0 Å². The highest BCUT2D eigenvalue weighted by atomic mass is 16.5. The summed E-state index contributed by atoms with van der Waals surface area (Å²) in [5, 5.41) is 36.3. The molecule has 0 fully saturated rings. The number of benzene rings is 1. The summed E-state index contributed by atoms with van der Waals surface area (Å²) in [5.74, 6) is 0.440. The van der Waals surface area contributed by atoms with Gasteiger partial charge in [0, 0.05) is 18.3 Å². The van der Waals surface area contributed by atoms with Crippen molar-refractivity contribution in [1.82, 2.24) is 15.2 Å². The molecule has 36 heavy (non-hydrogen) atoms. The van der Waals surface area contributed by atoms with Crippen LogP contribution < -0.4 is 4.74 Å². The highest BCUT2D eigenvalue weighted by molar-refractivity contribution is 5.96. The van der Waals surface area contributed by atoms with Crippen molar-refractivity contribution in [2.24, 2.45) is 4.99 Å². The number of H-pyrrole nitrogens is 1. The number of nitrogens with one attached hydrogen (secondary N) is 1. The van der Waals surface area contributed by atoms with Crippen LogP contribution in [0.25, 0.3) is 24.3 Å². The number of aliphatic imine (C=N–C) groups is 1. The van der Waals surface area contributed by atoms with E-state index in [4.69, 9.17) is 4.74 Å². The smallest absolute Gasteiger partial charge is 0.254 e. The van der Waals surface area contributed by atoms with Crippen molar-refractivity contribution in [3.8, 4) is 24.0 Å². The third-order valence-electron chi connectivity index (χ3n) is 5.41. The lowest BCUT2D eigenvalue weighted by molar-refractivity contribution is 0.376. The summed E-state index contributed by atoms with van der Waals surface area (Å²) in [7, 11) is 0. The van der Waals surface area contributed by atoms with Crippen LogP contribution in [-0.2, 0) is 5.41 Å². The van der Waals surface area contributed by atoms with E-state index in [2.05, 4.69) is 20.2 Å². The lowest BCUT2D eigenvalue weighted by atomic mass is 9.81. The first-order chi connectivity index (χ1) is 17.7. The predicted molar refractivity (Wildman–Crippen MR) is 137 cm³/mol. The van der Waals surface area contributed by atoms with Gasteiger partial charge in [-0.3, -0.25) is 15.1 Å². The Kier molecular flexibility index (Phi) is 7.46. The van der Waals surface area contributed by atoms with Crippen LogP contribution in [0.15, 0.2) is 65.8 Å². The Morgan fingerprint density at radius 1 is 0.972 bits per heavy atom. The maximum Gasteiger partial charge on any atom is 0.254 e. The first-order valence-corrected chi connectivity index (χ1v) is 11.2. The Hall–Kier alpha value is -5.26. The van der Waals surface area contributed by atoms with Gasteiger partial charge in [0.05, 0.1) is 22.8 Å². The molecule has 2 aromatic heterocycles. The van der Waals surface area contributed by atoms with Gasteiger partial charge in [0.25, 0.3) is 5.41 Å². The van der Waals surface area contributed by atoms with Gasteiger partial charge in [-0.25, -0.2) is 0 Å². The molecule has 0 bridgehead atoms. The first-order valence-electron chi connectivity index (χ1n) is 11.2. The van der Waals surface area contributed by atoms with Gasteiger partial charge < -0.3 is 4.74 Å². The Balaban J connectivity index is 1.58. The number of aromatic nitrogens is 3. The fourth-order valence-corrected chi connectivity index (χ4v) is 3.51. The highest BCUT2D eigenvalue weighted by Gasteiger charge is 2.35. The van der Waals surface area contributed by atoms with Crippen molar-refractivity contribution in [3.63, 3.8) is 0 Å². The number of nitrogens with zero attached hydrogens (tertiary/aromatic N) is 6. The normalized spacial score (nSPS) is 13.2. The number of hydrogen-bond donors (Lipinski definition) is 1. The Morgan fingerprint density at radius 3 is 2.53 bits per heavy atom. The van der Waals surface area contributed by atoms with E-state index in [9.17, 15) is 15.8 Å². The Labute approximate surface area is 208 Å². The average Bonchev–Trinajstić information content (AvgIpc) is 3.40. The molecule has 1 N–H and O–H groups in total. The molecule has 8 nitrogen and oxygen atoms in total. The number of rotatable bonds is 8. The van der Waals surface area contributed by atoms with E-state index in [-0.39, 0.29) is 12.2 Å². The van der Waals surface area contributed by atoms with Gasteiger partial charge in [-0.1, -0.05) is 24.3 Å². The first kappa shape index (κ1) is 23.9. The molecule has 0 atom stereocenters. The van der Waals surface area contributed by atoms with Crippen LogP contribution in [0.1, 0.15) is 34.6 Å². The van der Waals surface area contributed by atoms with Crippen LogP contribution >= 0.6 is 0 Å². The van der Waals surface area contributed by atoms with Crippen molar-refractivity contribution < 1.29 is 4.74 Å². The molecular formula is C28H21N7O. The molecule has 8 heteroatoms. The van der Waals surface area contributed by atoms with Crippen molar-refractivity contribution in [2.45, 2.75) is 11.8 Å². The Morgan fingerprint density at radius 2 is 1.81 bits per heavy atom. The number of ether oxygens (including phenoxy) is 1. The third-order valence-corrected chi connectivity index (χ3v) is 5.41. The molecule has 0 amide bonds. The largest absolute Gasteiger partial charge is 0.487 e. The fourth-order valence-electron chi connectivity index (χ4n) is 3.51. The van der Waals surface area contributed by atoms with Gasteiger partial charge in [-0.15, -0.1) is 0 Å². The van der Waals surface area contributed by atoms with E-state index >= 15 is 0 Å². The predicted octanol–water partition coefficient (Wildman–Crippen LogP) is 4.73. The zero-order valence-electron chi connectivity index (χ0n) is 19.3. The highest BCUT2D eigenvalue weighted by Crippen LogP contribution is 2.31. The van der Waals surface area contributed by atoms with Crippen LogP contribution in [0.3, 0.4) is 0 Å². The molecule has 1 aromatic carbocycles. The minimum atomic E-state index is -1.98. The zero-order valence-corrected chi connectivity index (χ0v) is 19.3. The number of hydrogen-bond acceptors (Lipinski definition) is 7. The maximum absolute atomic E-state index is 9.70. The topological polar surface area (TPSA) is 135 Å². The van der Waals surface area contributed by atoms with E-state index in [1.54, 1.807) is 36.5 Å². The summed E-state index contributed by atoms with van der Waals surface area (Å²) in [6, 6.07) is 18.1. The quantitative estimate of drug-likeness (QED) is 0.504. The van der Waals surface area contributed by atoms with E-state index in [0.717, 1.165) is 30.1 Å². The minimum absolute atomic E-state index is 0.246. The molecule has 0 saturated heterocycles. The second-order valence-corrected chi connectivity index (χ2v) is 7.86. The summed E-state index contributed by atoms with van der Waals surface area (Å²) >= 11 is 0. The van der Waals surface area contributed by atoms with Gasteiger partial charge in [0.1, 0.15) is 30.6 Å². The average molecular weight is 472 g/mol. The summed E-state index contributed by atoms with van der Waals surface area (Å²) in [6.45, 7) is 0.976. The molecule has 0 unspecified atom stereocenters. The number of nitriles is 3. The molecule has 1 aliphatic heterocycles. The molecule has 3 heterocycles. The number of dihydropyridines is 1. The van der Waals surface area contributed by atoms with Gasteiger partial charge in [0.15, 0.2) is 0 Å². The monoisotopic (exact) mass is 471 g/mol. The molecule has 0 spiro atoms. The molecule has 174 valence electrons. The Bertz CT molecular complexity index is 1440. The summed E-state index contributed by atoms with van der Waals surface area (Å²) in [6.07, 6.45) is 13.8. The SMILES string of the molecule is N#CC(C#N)(C#N)c1cc(OCC2=NCCC=C2)ccc1/C=C/c1cc(/C=C/c2ccccn2)[nH]n1. The van der Waals surface area contributed by atoms with Crippen LogP contribution in [-0.4, -0.2) is 34.0 Å². The van der Waals surface area contributed by atoms with Gasteiger partial charge in [-0.05, 0) is 66.6 Å². The third kappa shape index (κ3) is 5.62. The molecule has 4 rings (SSSR count). The summed E-state index contributed by atoms with van der Waals surface area (Å²) < 4.78 is 5.83. The standard InChI is InChI=1S/C28H21N7O/c29-18-28(19-30,20-31)27-16-26(36-17-25-6-2-4-14-33-25)12-8-21(27)7-9-23-15-24(35-34-23)11-10-22-5-1-3-13-32-22/h1-3,5-13,15-16H,4,14,17H2,(H,34,35)/b9-7+,11-10+. The van der Waals surface area contributed by atoms with E-state index in [0.29, 0.717) is 17.0 Å². The van der Waals surface area contributed by atoms with Crippen molar-refractivity contribution >= 4 is 30.0 Å². The second kappa shape index (κ2) is 11.2. The van der Waals surface area contributed by atoms with Crippen molar-refractivity contribution in [2.75, 3.05) is 13.2 Å². The minimum Gasteiger partial charge on any atom is -0.487 e. The second-order valence-electron chi connectivity index (χ2n) is 7.86. The number of pyridine rings is 1. The van der Waals surface area contributed by atoms with Crippen LogP contribution in [0.4, 0.5) is 0 Å². The summed E-state index contributed by atoms with van der Waals surface area (Å²) in [5.41, 5.74) is 1.86. The van der Waals surface area contributed by atoms with Gasteiger partial charge in [-0.2, -0.15) is 20.9 Å². The molecule has 3 aromatic rings. The summed E-state index contributed by atoms with van der Waals surface area (Å²) in [4.78, 5) is 8.64. The van der Waals surface area contributed by atoms with E-state index in [1.807, 2.05) is 66.8 Å².